The van der Waals surface area contributed by atoms with Crippen molar-refractivity contribution in [2.75, 3.05) is 7.11 Å². The standard InChI is InChI=1S/C30H25NO4/c1-34-24-9-5-8-21(14-24)22-15-26-25-11-10-20(12-23(25)17-27(26)28(16-22)30(31)33)13-29(32)35-18-19-6-3-2-4-7-19/h2-12,14-16H,13,17-18H2,1H3,(H2,31,33). The number of rotatable bonds is 7. The second-order valence-corrected chi connectivity index (χ2v) is 8.64. The van der Waals surface area contributed by atoms with E-state index in [9.17, 15) is 9.59 Å². The molecular formula is C30H25NO4. The number of benzene rings is 4. The number of carbonyl (C=O) groups excluding carboxylic acids is 2. The summed E-state index contributed by atoms with van der Waals surface area (Å²) in [6.45, 7) is 0.255. The lowest BCUT2D eigenvalue weighted by molar-refractivity contribution is -0.144. The highest BCUT2D eigenvalue weighted by Gasteiger charge is 2.25. The molecule has 2 N–H and O–H groups in total. The van der Waals surface area contributed by atoms with Crippen molar-refractivity contribution in [3.8, 4) is 28.0 Å². The van der Waals surface area contributed by atoms with Crippen LogP contribution in [-0.4, -0.2) is 19.0 Å². The van der Waals surface area contributed by atoms with Crippen molar-refractivity contribution in [1.82, 2.24) is 0 Å². The summed E-state index contributed by atoms with van der Waals surface area (Å²) in [4.78, 5) is 24.8. The Kier molecular flexibility index (Phi) is 6.06. The summed E-state index contributed by atoms with van der Waals surface area (Å²) >= 11 is 0. The van der Waals surface area contributed by atoms with Gasteiger partial charge in [0.25, 0.3) is 0 Å². The molecule has 4 aromatic rings. The third-order valence-corrected chi connectivity index (χ3v) is 6.34. The van der Waals surface area contributed by atoms with Gasteiger partial charge in [-0.05, 0) is 75.2 Å². The Morgan fingerprint density at radius 1 is 0.829 bits per heavy atom. The fourth-order valence-corrected chi connectivity index (χ4v) is 4.60. The van der Waals surface area contributed by atoms with Gasteiger partial charge in [0, 0.05) is 5.56 Å². The number of nitrogens with two attached hydrogens (primary N) is 1. The normalized spacial score (nSPS) is 11.5. The van der Waals surface area contributed by atoms with Gasteiger partial charge >= 0.3 is 5.97 Å². The van der Waals surface area contributed by atoms with Crippen LogP contribution in [0.2, 0.25) is 0 Å². The Balaban J connectivity index is 1.41. The summed E-state index contributed by atoms with van der Waals surface area (Å²) in [5, 5.41) is 0. The minimum atomic E-state index is -0.455. The molecule has 1 amide bonds. The number of amides is 1. The molecule has 0 unspecified atom stereocenters. The van der Waals surface area contributed by atoms with Crippen LogP contribution >= 0.6 is 0 Å². The van der Waals surface area contributed by atoms with E-state index in [0.717, 1.165) is 50.3 Å². The van der Waals surface area contributed by atoms with E-state index in [0.29, 0.717) is 12.0 Å². The molecule has 0 radical (unpaired) electrons. The summed E-state index contributed by atoms with van der Waals surface area (Å²) in [6.07, 6.45) is 0.780. The molecule has 5 heteroatoms. The van der Waals surface area contributed by atoms with E-state index in [1.165, 1.54) is 0 Å². The first-order chi connectivity index (χ1) is 17.0. The molecule has 35 heavy (non-hydrogen) atoms. The predicted octanol–water partition coefficient (Wildman–Crippen LogP) is 5.32. The average Bonchev–Trinajstić information content (AvgIpc) is 3.25. The van der Waals surface area contributed by atoms with Crippen molar-refractivity contribution in [1.29, 1.82) is 0 Å². The zero-order valence-corrected chi connectivity index (χ0v) is 19.4. The summed E-state index contributed by atoms with van der Waals surface area (Å²) in [6, 6.07) is 27.3. The summed E-state index contributed by atoms with van der Waals surface area (Å²) in [5.41, 5.74) is 14.0. The maximum Gasteiger partial charge on any atom is 0.310 e. The van der Waals surface area contributed by atoms with Gasteiger partial charge in [0.2, 0.25) is 5.91 Å². The molecule has 5 rings (SSSR count). The van der Waals surface area contributed by atoms with E-state index in [4.69, 9.17) is 15.2 Å². The van der Waals surface area contributed by atoms with Crippen molar-refractivity contribution >= 4 is 11.9 Å². The van der Waals surface area contributed by atoms with Gasteiger partial charge in [0.15, 0.2) is 0 Å². The SMILES string of the molecule is COc1cccc(-c2cc(C(N)=O)c3c(c2)-c2ccc(CC(=O)OCc4ccccc4)cc2C3)c1. The molecule has 0 heterocycles. The molecule has 1 aliphatic carbocycles. The molecule has 1 aliphatic rings. The lowest BCUT2D eigenvalue weighted by Crippen LogP contribution is -2.13. The lowest BCUT2D eigenvalue weighted by atomic mass is 9.94. The van der Waals surface area contributed by atoms with E-state index in [-0.39, 0.29) is 19.0 Å². The quantitative estimate of drug-likeness (QED) is 0.332. The van der Waals surface area contributed by atoms with Gasteiger partial charge in [0.1, 0.15) is 12.4 Å². The first-order valence-electron chi connectivity index (χ1n) is 11.4. The average molecular weight is 464 g/mol. The number of ether oxygens (including phenoxy) is 2. The van der Waals surface area contributed by atoms with Gasteiger partial charge < -0.3 is 15.2 Å². The molecular weight excluding hydrogens is 438 g/mol. The molecule has 0 bridgehead atoms. The maximum atomic E-state index is 12.4. The Labute approximate surface area is 204 Å². The Hall–Kier alpha value is -4.38. The summed E-state index contributed by atoms with van der Waals surface area (Å²) in [5.74, 6) is 0.0128. The van der Waals surface area contributed by atoms with E-state index in [1.807, 2.05) is 78.9 Å². The Morgan fingerprint density at radius 2 is 1.66 bits per heavy atom. The first kappa shape index (κ1) is 22.4. The molecule has 0 aromatic heterocycles. The van der Waals surface area contributed by atoms with Crippen molar-refractivity contribution < 1.29 is 19.1 Å². The van der Waals surface area contributed by atoms with Crippen LogP contribution in [0.15, 0.2) is 84.9 Å². The molecule has 0 atom stereocenters. The van der Waals surface area contributed by atoms with Crippen LogP contribution in [0.1, 0.15) is 32.6 Å². The smallest absolute Gasteiger partial charge is 0.310 e. The molecule has 0 saturated carbocycles. The van der Waals surface area contributed by atoms with Crippen LogP contribution < -0.4 is 10.5 Å². The van der Waals surface area contributed by atoms with E-state index < -0.39 is 5.91 Å². The zero-order valence-electron chi connectivity index (χ0n) is 19.4. The summed E-state index contributed by atoms with van der Waals surface area (Å²) in [7, 11) is 1.63. The van der Waals surface area contributed by atoms with Crippen LogP contribution in [0.5, 0.6) is 5.75 Å². The highest BCUT2D eigenvalue weighted by atomic mass is 16.5. The Morgan fingerprint density at radius 3 is 2.43 bits per heavy atom. The molecule has 5 nitrogen and oxygen atoms in total. The number of hydrogen-bond donors (Lipinski definition) is 1. The fourth-order valence-electron chi connectivity index (χ4n) is 4.60. The molecule has 0 aliphatic heterocycles. The van der Waals surface area contributed by atoms with Crippen LogP contribution in [0, 0.1) is 0 Å². The van der Waals surface area contributed by atoms with Gasteiger partial charge in [-0.3, -0.25) is 9.59 Å². The van der Waals surface area contributed by atoms with Crippen molar-refractivity contribution in [3.63, 3.8) is 0 Å². The van der Waals surface area contributed by atoms with Crippen molar-refractivity contribution in [2.45, 2.75) is 19.4 Å². The summed E-state index contributed by atoms with van der Waals surface area (Å²) < 4.78 is 10.8. The van der Waals surface area contributed by atoms with Gasteiger partial charge in [-0.15, -0.1) is 0 Å². The lowest BCUT2D eigenvalue weighted by Gasteiger charge is -2.11. The van der Waals surface area contributed by atoms with Crippen LogP contribution in [-0.2, 0) is 29.0 Å². The van der Waals surface area contributed by atoms with Gasteiger partial charge in [-0.25, -0.2) is 0 Å². The number of fused-ring (bicyclic) bond motifs is 3. The minimum absolute atomic E-state index is 0.189. The highest BCUT2D eigenvalue weighted by Crippen LogP contribution is 2.41. The second-order valence-electron chi connectivity index (χ2n) is 8.64. The van der Waals surface area contributed by atoms with Crippen molar-refractivity contribution in [2.24, 2.45) is 5.73 Å². The molecule has 174 valence electrons. The number of primary amides is 1. The molecule has 0 fully saturated rings. The number of hydrogen-bond acceptors (Lipinski definition) is 4. The van der Waals surface area contributed by atoms with E-state index in [2.05, 4.69) is 6.07 Å². The Bertz CT molecular complexity index is 1430. The van der Waals surface area contributed by atoms with Gasteiger partial charge in [0.05, 0.1) is 13.5 Å². The topological polar surface area (TPSA) is 78.6 Å². The minimum Gasteiger partial charge on any atom is -0.497 e. The van der Waals surface area contributed by atoms with Gasteiger partial charge in [-0.1, -0.05) is 60.7 Å². The van der Waals surface area contributed by atoms with Gasteiger partial charge in [-0.2, -0.15) is 0 Å². The largest absolute Gasteiger partial charge is 0.497 e. The van der Waals surface area contributed by atoms with Crippen LogP contribution in [0.4, 0.5) is 0 Å². The first-order valence-corrected chi connectivity index (χ1v) is 11.4. The fraction of sp³-hybridized carbons (Fsp3) is 0.133. The van der Waals surface area contributed by atoms with Crippen LogP contribution in [0.25, 0.3) is 22.3 Å². The second kappa shape index (κ2) is 9.47. The van der Waals surface area contributed by atoms with E-state index >= 15 is 0 Å². The third kappa shape index (κ3) is 4.66. The molecule has 0 saturated heterocycles. The molecule has 4 aromatic carbocycles. The monoisotopic (exact) mass is 463 g/mol. The number of esters is 1. The van der Waals surface area contributed by atoms with Crippen LogP contribution in [0.3, 0.4) is 0 Å². The number of carbonyl (C=O) groups is 2. The molecule has 0 spiro atoms. The predicted molar refractivity (Wildman–Crippen MR) is 135 cm³/mol. The van der Waals surface area contributed by atoms with Crippen molar-refractivity contribution in [3.05, 3.63) is 113 Å². The highest BCUT2D eigenvalue weighted by molar-refractivity contribution is 6.00. The zero-order chi connectivity index (χ0) is 24.4. The van der Waals surface area contributed by atoms with E-state index in [1.54, 1.807) is 7.11 Å². The third-order valence-electron chi connectivity index (χ3n) is 6.34. The maximum absolute atomic E-state index is 12.4. The number of methoxy groups -OCH3 is 1.